The van der Waals surface area contributed by atoms with Crippen LogP contribution in [0.2, 0.25) is 0 Å². The molecule has 0 bridgehead atoms. The molecule has 0 unspecified atom stereocenters. The van der Waals surface area contributed by atoms with E-state index in [4.69, 9.17) is 26.7 Å². The van der Waals surface area contributed by atoms with Crippen LogP contribution in [0.4, 0.5) is 0 Å². The first-order valence-electron chi connectivity index (χ1n) is 28.9. The topological polar surface area (TPSA) is 446 Å². The van der Waals surface area contributed by atoms with Crippen molar-refractivity contribution in [3.8, 4) is 0 Å². The monoisotopic (exact) mass is 1160 g/mol. The van der Waals surface area contributed by atoms with Crippen molar-refractivity contribution < 1.29 is 57.7 Å². The number of H-pyrrole nitrogens is 1. The van der Waals surface area contributed by atoms with Gasteiger partial charge in [-0.15, -0.1) is 10.2 Å². The van der Waals surface area contributed by atoms with E-state index in [0.717, 1.165) is 44.3 Å². The number of amides is 9. The van der Waals surface area contributed by atoms with Crippen molar-refractivity contribution in [2.45, 2.75) is 191 Å². The zero-order valence-electron chi connectivity index (χ0n) is 48.1. The molecule has 2 heterocycles. The van der Waals surface area contributed by atoms with E-state index in [-0.39, 0.29) is 63.9 Å². The molecule has 82 heavy (non-hydrogen) atoms. The van der Waals surface area contributed by atoms with Gasteiger partial charge >= 0.3 is 0 Å². The van der Waals surface area contributed by atoms with E-state index >= 15 is 0 Å². The van der Waals surface area contributed by atoms with Crippen LogP contribution in [-0.4, -0.2) is 181 Å². The van der Waals surface area contributed by atoms with Gasteiger partial charge in [0.05, 0.1) is 33.0 Å². The molecule has 16 N–H and O–H groups in total. The number of tetrazole rings is 1. The summed E-state index contributed by atoms with van der Waals surface area (Å²) in [5, 5.41) is 44.4. The number of guanidine groups is 1. The SMILES string of the molecule is CCCC[C@H](NC(=O)[C@H](CCCN=C(N)N)NC(=O)[C@H](CC1=CCC=N1)NC(=O)[C@H](CCC(N)=O)NC(=O)[C@H](CO)NC(=O)CNC(=O)COCCOCCNC(=O)CCCCCCCCCCCCCCCc1nn[nH]n1)C(=O)NC. The quantitative estimate of drug-likeness (QED) is 0.0209. The van der Waals surface area contributed by atoms with E-state index in [1.165, 1.54) is 64.8 Å². The summed E-state index contributed by atoms with van der Waals surface area (Å²) in [6, 6.07) is -6.74. The number of rotatable bonds is 49. The second kappa shape index (κ2) is 44.5. The number of aromatic amines is 1. The fourth-order valence-corrected chi connectivity index (χ4v) is 8.44. The molecule has 0 spiro atoms. The third-order valence-electron chi connectivity index (χ3n) is 13.0. The van der Waals surface area contributed by atoms with Crippen LogP contribution in [0.5, 0.6) is 0 Å². The zero-order chi connectivity index (χ0) is 60.2. The summed E-state index contributed by atoms with van der Waals surface area (Å²) in [6.45, 7) is 0.815. The number of aliphatic hydroxyl groups excluding tert-OH is 1. The molecule has 0 radical (unpaired) electrons. The third kappa shape index (κ3) is 34.2. The highest BCUT2D eigenvalue weighted by atomic mass is 16.5. The maximum atomic E-state index is 14.1. The van der Waals surface area contributed by atoms with Crippen molar-refractivity contribution in [2.24, 2.45) is 27.2 Å². The van der Waals surface area contributed by atoms with Gasteiger partial charge in [0.25, 0.3) is 0 Å². The van der Waals surface area contributed by atoms with Gasteiger partial charge in [0.15, 0.2) is 11.8 Å². The Morgan fingerprint density at radius 2 is 1.21 bits per heavy atom. The summed E-state index contributed by atoms with van der Waals surface area (Å²) >= 11 is 0. The van der Waals surface area contributed by atoms with Crippen molar-refractivity contribution >= 4 is 65.3 Å². The lowest BCUT2D eigenvalue weighted by Crippen LogP contribution is -2.59. The summed E-state index contributed by atoms with van der Waals surface area (Å²) in [5.41, 5.74) is 16.7. The van der Waals surface area contributed by atoms with Gasteiger partial charge in [-0.25, -0.2) is 0 Å². The number of carbonyl (C=O) groups is 9. The van der Waals surface area contributed by atoms with E-state index in [9.17, 15) is 48.3 Å². The predicted octanol–water partition coefficient (Wildman–Crippen LogP) is -1.11. The molecule has 1 aliphatic heterocycles. The molecule has 5 atom stereocenters. The fraction of sp³-hybridized carbons (Fsp3) is 0.736. The second-order valence-electron chi connectivity index (χ2n) is 19.9. The van der Waals surface area contributed by atoms with Gasteiger partial charge < -0.3 is 74.3 Å². The first-order valence-corrected chi connectivity index (χ1v) is 28.9. The third-order valence-corrected chi connectivity index (χ3v) is 13.0. The van der Waals surface area contributed by atoms with E-state index in [0.29, 0.717) is 37.9 Å². The smallest absolute Gasteiger partial charge is 0.246 e. The minimum Gasteiger partial charge on any atom is -0.394 e. The molecule has 29 nitrogen and oxygen atoms in total. The fourth-order valence-electron chi connectivity index (χ4n) is 8.44. The van der Waals surface area contributed by atoms with Crippen LogP contribution in [0.1, 0.15) is 160 Å². The van der Waals surface area contributed by atoms with E-state index < -0.39 is 104 Å². The van der Waals surface area contributed by atoms with Crippen molar-refractivity contribution in [1.82, 2.24) is 63.2 Å². The molecule has 462 valence electrons. The number of likely N-dealkylation sites (N-methyl/N-ethyl adjacent to an activating group) is 1. The standard InChI is InChI=1S/C53H93N17O12/c1-3-4-21-38(48(76)57-2)63-49(77)39(22-19-28-60-53(55)56)64-51(79)41(33-37-20-18-27-58-37)66-50(78)40(25-26-43(54)72)65-52(80)42(35-71)62-46(74)34-61-47(75)36-82-32-31-81-30-29-59-45(73)24-17-15-13-11-9-7-5-6-8-10-12-14-16-23-44-67-69-70-68-44/h20,27,38-42,71H,3-19,21-26,28-36H2,1-2H3,(H2,54,72)(H,57,76)(H,59,73)(H,61,75)(H,62,74)(H,63,77)(H,64,79)(H,65,80)(H,66,78)(H4,55,56,60)(H,67,68,69,70)/t38-,39-,40-,41-,42-/m0/s1. The first-order chi connectivity index (χ1) is 39.6. The molecular weight excluding hydrogens is 1070 g/mol. The van der Waals surface area contributed by atoms with Crippen LogP contribution < -0.4 is 59.7 Å². The Balaban J connectivity index is 1.76. The Kier molecular flexibility index (Phi) is 38.5. The van der Waals surface area contributed by atoms with Crippen molar-refractivity contribution in [3.63, 3.8) is 0 Å². The van der Waals surface area contributed by atoms with Crippen molar-refractivity contribution in [3.05, 3.63) is 17.6 Å². The lowest BCUT2D eigenvalue weighted by molar-refractivity contribution is -0.135. The first kappa shape index (κ1) is 71.0. The van der Waals surface area contributed by atoms with Gasteiger partial charge in [-0.05, 0) is 38.5 Å². The molecule has 1 aromatic heterocycles. The number of ether oxygens (including phenoxy) is 2. The van der Waals surface area contributed by atoms with Crippen LogP contribution >= 0.6 is 0 Å². The number of aliphatic hydroxyl groups is 1. The summed E-state index contributed by atoms with van der Waals surface area (Å²) in [4.78, 5) is 125. The van der Waals surface area contributed by atoms with Gasteiger partial charge in [0.1, 0.15) is 36.8 Å². The maximum Gasteiger partial charge on any atom is 0.246 e. The van der Waals surface area contributed by atoms with Crippen LogP contribution in [0.15, 0.2) is 21.8 Å². The van der Waals surface area contributed by atoms with Crippen molar-refractivity contribution in [2.75, 3.05) is 59.7 Å². The van der Waals surface area contributed by atoms with E-state index in [1.807, 2.05) is 6.92 Å². The molecule has 9 amide bonds. The lowest BCUT2D eigenvalue weighted by Gasteiger charge is -2.27. The normalized spacial score (nSPS) is 13.5. The lowest BCUT2D eigenvalue weighted by atomic mass is 10.0. The van der Waals surface area contributed by atoms with E-state index in [1.54, 1.807) is 12.3 Å². The molecule has 2 rings (SSSR count). The summed E-state index contributed by atoms with van der Waals surface area (Å²) in [6.07, 6.45) is 21.3. The van der Waals surface area contributed by atoms with Gasteiger partial charge in [-0.2, -0.15) is 5.21 Å². The number of hydrogen-bond donors (Lipinski definition) is 13. The van der Waals surface area contributed by atoms with Gasteiger partial charge in [-0.1, -0.05) is 102 Å². The average molecular weight is 1160 g/mol. The predicted molar refractivity (Wildman–Crippen MR) is 305 cm³/mol. The highest BCUT2D eigenvalue weighted by Gasteiger charge is 2.33. The van der Waals surface area contributed by atoms with Crippen LogP contribution in [0.3, 0.4) is 0 Å². The Morgan fingerprint density at radius 1 is 0.634 bits per heavy atom. The van der Waals surface area contributed by atoms with Crippen LogP contribution in [0, 0.1) is 0 Å². The van der Waals surface area contributed by atoms with Gasteiger partial charge in [-0.3, -0.25) is 53.1 Å². The van der Waals surface area contributed by atoms with Crippen LogP contribution in [0.25, 0.3) is 0 Å². The number of nitrogens with one attached hydrogen (secondary N) is 9. The Hall–Kier alpha value is -7.14. The Labute approximate surface area is 480 Å². The number of aryl methyl sites for hydroxylation is 1. The average Bonchev–Trinajstić information content (AvgIpc) is 4.19. The number of unbranched alkanes of at least 4 members (excludes halogenated alkanes) is 13. The number of carbonyl (C=O) groups excluding carboxylic acids is 9. The molecule has 0 aromatic carbocycles. The minimum absolute atomic E-state index is 0.0170. The number of hydrogen-bond acceptors (Lipinski definition) is 17. The molecule has 1 aliphatic rings. The molecule has 1 aromatic rings. The maximum absolute atomic E-state index is 14.1. The van der Waals surface area contributed by atoms with E-state index in [2.05, 4.69) is 73.1 Å². The van der Waals surface area contributed by atoms with Crippen molar-refractivity contribution in [1.29, 1.82) is 0 Å². The minimum atomic E-state index is -1.64. The number of allylic oxidation sites excluding steroid dienone is 1. The zero-order valence-corrected chi connectivity index (χ0v) is 48.1. The Morgan fingerprint density at radius 3 is 1.78 bits per heavy atom. The summed E-state index contributed by atoms with van der Waals surface area (Å²) < 4.78 is 10.8. The number of nitrogens with zero attached hydrogens (tertiary/aromatic N) is 5. The summed E-state index contributed by atoms with van der Waals surface area (Å²) in [5.74, 6) is -5.78. The number of nitrogens with two attached hydrogens (primary N) is 3. The molecule has 0 fully saturated rings. The Bertz CT molecular complexity index is 2160. The largest absolute Gasteiger partial charge is 0.394 e. The molecular formula is C53H93N17O12. The highest BCUT2D eigenvalue weighted by molar-refractivity contribution is 5.97. The summed E-state index contributed by atoms with van der Waals surface area (Å²) in [7, 11) is 1.43. The molecule has 0 saturated carbocycles. The molecule has 0 saturated heterocycles. The highest BCUT2D eigenvalue weighted by Crippen LogP contribution is 2.16. The second-order valence-corrected chi connectivity index (χ2v) is 19.9. The number of aliphatic imine (C=N–C) groups is 2. The molecule has 0 aliphatic carbocycles. The molecule has 29 heteroatoms. The van der Waals surface area contributed by atoms with Gasteiger partial charge in [0, 0.05) is 64.2 Å². The van der Waals surface area contributed by atoms with Crippen LogP contribution in [-0.2, 0) is 59.0 Å². The van der Waals surface area contributed by atoms with Gasteiger partial charge in [0.2, 0.25) is 53.2 Å². The number of aromatic nitrogens is 4. The number of primary amides is 1.